The van der Waals surface area contributed by atoms with E-state index in [1.165, 1.54) is 4.90 Å². The van der Waals surface area contributed by atoms with E-state index in [1.807, 2.05) is 6.07 Å². The number of aryl methyl sites for hydroxylation is 1. The lowest BCUT2D eigenvalue weighted by molar-refractivity contribution is -0.163. The number of aldehydes is 1. The minimum atomic E-state index is -4.90. The summed E-state index contributed by atoms with van der Waals surface area (Å²) in [7, 11) is 0. The van der Waals surface area contributed by atoms with Crippen LogP contribution in [0.5, 0.6) is 5.75 Å². The van der Waals surface area contributed by atoms with Crippen molar-refractivity contribution in [2.24, 2.45) is 0 Å². The molecule has 270 valence electrons. The molecule has 1 N–H and O–H groups in total. The molecule has 2 amide bonds. The van der Waals surface area contributed by atoms with E-state index in [9.17, 15) is 45.8 Å². The number of hydrogen-bond donors (Lipinski definition) is 1. The molecule has 15 heteroatoms. The van der Waals surface area contributed by atoms with Gasteiger partial charge in [0, 0.05) is 50.1 Å². The summed E-state index contributed by atoms with van der Waals surface area (Å²) in [5.41, 5.74) is -3.98. The molecule has 3 aromatic rings. The van der Waals surface area contributed by atoms with Crippen molar-refractivity contribution in [1.29, 1.82) is 0 Å². The average molecular weight is 726 g/mol. The van der Waals surface area contributed by atoms with Crippen LogP contribution in [0.15, 0.2) is 54.0 Å². The summed E-state index contributed by atoms with van der Waals surface area (Å²) < 4.78 is 89.1. The van der Waals surface area contributed by atoms with Crippen molar-refractivity contribution in [2.75, 3.05) is 19.6 Å². The fourth-order valence-corrected chi connectivity index (χ4v) is 7.78. The first-order chi connectivity index (χ1) is 23.6. The van der Waals surface area contributed by atoms with E-state index in [4.69, 9.17) is 4.74 Å². The van der Waals surface area contributed by atoms with Crippen LogP contribution in [0.3, 0.4) is 0 Å². The van der Waals surface area contributed by atoms with Gasteiger partial charge in [0.05, 0.1) is 17.2 Å². The lowest BCUT2D eigenvalue weighted by atomic mass is 9.78. The lowest BCUT2D eigenvalue weighted by Gasteiger charge is -2.51. The van der Waals surface area contributed by atoms with Gasteiger partial charge in [-0.15, -0.1) is 11.3 Å². The van der Waals surface area contributed by atoms with E-state index in [2.05, 4.69) is 4.98 Å². The maximum Gasteiger partial charge on any atom is 0.425 e. The van der Waals surface area contributed by atoms with Crippen molar-refractivity contribution in [2.45, 2.75) is 87.9 Å². The van der Waals surface area contributed by atoms with Crippen LogP contribution in [-0.2, 0) is 34.0 Å². The number of benzene rings is 1. The van der Waals surface area contributed by atoms with E-state index in [-0.39, 0.29) is 63.9 Å². The number of likely N-dealkylation sites (tertiary alicyclic amines) is 2. The molecule has 0 bridgehead atoms. The minimum absolute atomic E-state index is 0.0190. The molecule has 2 fully saturated rings. The number of pyridine rings is 1. The number of rotatable bonds is 10. The highest BCUT2D eigenvalue weighted by Crippen LogP contribution is 2.44. The molecule has 0 spiro atoms. The molecule has 50 heavy (non-hydrogen) atoms. The predicted octanol–water partition coefficient (Wildman–Crippen LogP) is 7.04. The van der Waals surface area contributed by atoms with Gasteiger partial charge in [0.25, 0.3) is 11.8 Å². The zero-order valence-corrected chi connectivity index (χ0v) is 28.0. The quantitative estimate of drug-likeness (QED) is 0.178. The summed E-state index contributed by atoms with van der Waals surface area (Å²) in [4.78, 5) is 45.2. The van der Waals surface area contributed by atoms with Gasteiger partial charge in [-0.2, -0.15) is 26.3 Å². The number of halogens is 6. The van der Waals surface area contributed by atoms with Gasteiger partial charge in [0.1, 0.15) is 22.6 Å². The molecule has 2 aliphatic rings. The minimum Gasteiger partial charge on any atom is -0.474 e. The Bertz CT molecular complexity index is 1690. The van der Waals surface area contributed by atoms with Crippen LogP contribution in [0, 0.1) is 0 Å². The van der Waals surface area contributed by atoms with Gasteiger partial charge in [-0.25, -0.2) is 0 Å². The van der Waals surface area contributed by atoms with Gasteiger partial charge in [0.15, 0.2) is 0 Å². The fourth-order valence-electron chi connectivity index (χ4n) is 7.10. The Hall–Kier alpha value is -3.98. The van der Waals surface area contributed by atoms with E-state index in [0.29, 0.717) is 29.7 Å². The number of thiophene rings is 1. The van der Waals surface area contributed by atoms with Gasteiger partial charge in [0.2, 0.25) is 5.60 Å². The molecule has 0 saturated carbocycles. The largest absolute Gasteiger partial charge is 0.474 e. The molecule has 1 aromatic carbocycles. The number of aliphatic hydroxyl groups is 1. The van der Waals surface area contributed by atoms with Gasteiger partial charge >= 0.3 is 12.4 Å². The average Bonchev–Trinajstić information content (AvgIpc) is 3.57. The van der Waals surface area contributed by atoms with Crippen molar-refractivity contribution in [3.05, 3.63) is 81.3 Å². The van der Waals surface area contributed by atoms with E-state index < -0.39 is 57.5 Å². The lowest BCUT2D eigenvalue weighted by Crippen LogP contribution is -2.68. The highest BCUT2D eigenvalue weighted by atomic mass is 32.1. The third kappa shape index (κ3) is 7.53. The molecule has 2 aromatic heterocycles. The van der Waals surface area contributed by atoms with E-state index in [1.54, 1.807) is 25.1 Å². The summed E-state index contributed by atoms with van der Waals surface area (Å²) in [5, 5.41) is 12.9. The first-order valence-corrected chi connectivity index (χ1v) is 17.2. The third-order valence-corrected chi connectivity index (χ3v) is 10.4. The Kier molecular flexibility index (Phi) is 11.0. The number of alkyl halides is 6. The first-order valence-electron chi connectivity index (χ1n) is 16.4. The van der Waals surface area contributed by atoms with Crippen LogP contribution in [0.4, 0.5) is 26.3 Å². The number of hydrogen-bond acceptors (Lipinski definition) is 7. The number of piperidine rings is 2. The van der Waals surface area contributed by atoms with Gasteiger partial charge in [-0.3, -0.25) is 14.6 Å². The monoisotopic (exact) mass is 725 g/mol. The zero-order valence-electron chi connectivity index (χ0n) is 27.2. The Morgan fingerprint density at radius 2 is 1.76 bits per heavy atom. The van der Waals surface area contributed by atoms with Crippen molar-refractivity contribution in [1.82, 2.24) is 14.8 Å². The SMILES string of the molecule is CCC[C@H]1N(C(=O)c2ncccc2C(F)(F)F)CCC[C@@]1(Oc1csc(C(F)(F)F)c1)C(=O)N1CCC(O)(c2ccccc2CCC=O)CC1. The second-order valence-electron chi connectivity index (χ2n) is 12.6. The summed E-state index contributed by atoms with van der Waals surface area (Å²) in [6.45, 7) is 1.75. The maximum atomic E-state index is 14.8. The molecule has 2 aliphatic heterocycles. The number of amides is 2. The second-order valence-corrected chi connectivity index (χ2v) is 13.5. The smallest absolute Gasteiger partial charge is 0.425 e. The van der Waals surface area contributed by atoms with E-state index >= 15 is 0 Å². The number of nitrogens with zero attached hydrogens (tertiary/aromatic N) is 3. The van der Waals surface area contributed by atoms with Crippen LogP contribution in [0.25, 0.3) is 0 Å². The van der Waals surface area contributed by atoms with Gasteiger partial charge in [-0.05, 0) is 55.4 Å². The van der Waals surface area contributed by atoms with Crippen LogP contribution in [0.1, 0.15) is 83.9 Å². The summed E-state index contributed by atoms with van der Waals surface area (Å²) in [5.74, 6) is -1.96. The molecule has 4 heterocycles. The molecule has 5 rings (SSSR count). The molecule has 0 radical (unpaired) electrons. The van der Waals surface area contributed by atoms with E-state index in [0.717, 1.165) is 46.5 Å². The fraction of sp³-hybridized carbons (Fsp3) is 0.486. The third-order valence-electron chi connectivity index (χ3n) is 9.45. The zero-order chi connectivity index (χ0) is 36.3. The van der Waals surface area contributed by atoms with Crippen LogP contribution in [0.2, 0.25) is 0 Å². The highest BCUT2D eigenvalue weighted by molar-refractivity contribution is 7.10. The summed E-state index contributed by atoms with van der Waals surface area (Å²) >= 11 is 0.373. The van der Waals surface area contributed by atoms with Crippen molar-refractivity contribution in [3.8, 4) is 5.75 Å². The van der Waals surface area contributed by atoms with Crippen LogP contribution < -0.4 is 4.74 Å². The molecule has 2 saturated heterocycles. The molecular formula is C35H37F6N3O5S. The highest BCUT2D eigenvalue weighted by Gasteiger charge is 2.56. The Morgan fingerprint density at radius 3 is 2.40 bits per heavy atom. The summed E-state index contributed by atoms with van der Waals surface area (Å²) in [6, 6.07) is 8.57. The predicted molar refractivity (Wildman–Crippen MR) is 171 cm³/mol. The molecule has 0 unspecified atom stereocenters. The number of aromatic nitrogens is 1. The second kappa shape index (κ2) is 14.7. The topological polar surface area (TPSA) is 100 Å². The van der Waals surface area contributed by atoms with Gasteiger partial charge in [-0.1, -0.05) is 37.6 Å². The number of ether oxygens (including phenoxy) is 1. The molecule has 2 atom stereocenters. The molecule has 8 nitrogen and oxygen atoms in total. The Morgan fingerprint density at radius 1 is 1.04 bits per heavy atom. The number of carbonyl (C=O) groups is 3. The van der Waals surface area contributed by atoms with Crippen molar-refractivity contribution in [3.63, 3.8) is 0 Å². The van der Waals surface area contributed by atoms with Crippen molar-refractivity contribution >= 4 is 29.4 Å². The van der Waals surface area contributed by atoms with Crippen molar-refractivity contribution < 1.29 is 50.6 Å². The molecule has 0 aliphatic carbocycles. The molecular weight excluding hydrogens is 688 g/mol. The van der Waals surface area contributed by atoms with Crippen LogP contribution in [-0.4, -0.2) is 69.3 Å². The normalized spacial score (nSPS) is 21.2. The maximum absolute atomic E-state index is 14.8. The van der Waals surface area contributed by atoms with Crippen LogP contribution >= 0.6 is 11.3 Å². The standard InChI is InChI=1S/C35H37F6N3O5S/c1-2-8-27-33(49-24-21-28(50-22-24)35(39,40)41,13-7-17-44(27)30(46)29-26(34(36,37)38)12-5-16-42-29)31(47)43-18-14-32(48,15-19-43)25-11-4-3-9-23(25)10-6-20-45/h3-5,9,11-12,16,20-22,27,48H,2,6-8,10,13-15,17-19H2,1H3/t27-,33+/m1/s1. The number of carbonyl (C=O) groups excluding carboxylic acids is 3. The van der Waals surface area contributed by atoms with Gasteiger partial charge < -0.3 is 24.4 Å². The Balaban J connectivity index is 1.52. The Labute approximate surface area is 289 Å². The summed E-state index contributed by atoms with van der Waals surface area (Å²) in [6.07, 6.45) is -6.37. The first kappa shape index (κ1) is 37.3.